The Balaban J connectivity index is 2.08. The number of pyridine rings is 1. The zero-order valence-corrected chi connectivity index (χ0v) is 13.8. The van der Waals surface area contributed by atoms with E-state index in [1.807, 2.05) is 24.3 Å². The van der Waals surface area contributed by atoms with Crippen molar-refractivity contribution in [1.29, 1.82) is 0 Å². The summed E-state index contributed by atoms with van der Waals surface area (Å²) in [7, 11) is 1.61. The molecule has 0 bridgehead atoms. The predicted octanol–water partition coefficient (Wildman–Crippen LogP) is 4.82. The quantitative estimate of drug-likeness (QED) is 0.637. The third-order valence-corrected chi connectivity index (χ3v) is 3.99. The number of nitrogens with zero attached hydrogens (tertiary/aromatic N) is 1. The van der Waals surface area contributed by atoms with Gasteiger partial charge in [0.05, 0.1) is 12.8 Å². The summed E-state index contributed by atoms with van der Waals surface area (Å²) in [5.41, 5.74) is 2.06. The molecule has 0 aliphatic heterocycles. The Labute approximate surface area is 143 Å². The van der Waals surface area contributed by atoms with Crippen LogP contribution in [0.4, 0.5) is 0 Å². The molecule has 0 amide bonds. The molecule has 116 valence electrons. The van der Waals surface area contributed by atoms with Crippen molar-refractivity contribution in [1.82, 2.24) is 4.57 Å². The highest BCUT2D eigenvalue weighted by atomic mass is 35.5. The van der Waals surface area contributed by atoms with E-state index in [2.05, 4.69) is 0 Å². The van der Waals surface area contributed by atoms with E-state index in [0.717, 1.165) is 16.9 Å². The molecule has 3 nitrogen and oxygen atoms in total. The van der Waals surface area contributed by atoms with Crippen LogP contribution in [0.2, 0.25) is 10.2 Å². The average molecular weight is 346 g/mol. The number of methoxy groups -OCH3 is 1. The Morgan fingerprint density at radius 2 is 1.65 bits per heavy atom. The molecule has 0 radical (unpaired) electrons. The normalized spacial score (nSPS) is 10.6. The first kappa shape index (κ1) is 15.7. The van der Waals surface area contributed by atoms with Crippen LogP contribution in [0.3, 0.4) is 0 Å². The van der Waals surface area contributed by atoms with Crippen LogP contribution in [-0.2, 0) is 0 Å². The second kappa shape index (κ2) is 6.49. The van der Waals surface area contributed by atoms with Gasteiger partial charge in [0.2, 0.25) is 0 Å². The summed E-state index contributed by atoms with van der Waals surface area (Å²) in [6.45, 7) is 0. The molecule has 1 heterocycles. The molecule has 1 aromatic heterocycles. The van der Waals surface area contributed by atoms with Gasteiger partial charge in [-0.05, 0) is 47.5 Å². The summed E-state index contributed by atoms with van der Waals surface area (Å²) in [6.07, 6.45) is 0. The van der Waals surface area contributed by atoms with Crippen LogP contribution in [0.5, 0.6) is 5.75 Å². The van der Waals surface area contributed by atoms with E-state index in [4.69, 9.17) is 27.9 Å². The highest BCUT2D eigenvalue weighted by molar-refractivity contribution is 6.31. The number of aromatic nitrogens is 1. The van der Waals surface area contributed by atoms with Gasteiger partial charge in [0.25, 0.3) is 5.56 Å². The standard InChI is InChI=1S/C18H13Cl2NO2/c1-23-16-7-5-12(6-8-16)13-9-17(20)21(18(22)10-13)15-4-2-3-14(19)11-15/h2-11H,1H3. The van der Waals surface area contributed by atoms with Crippen molar-refractivity contribution in [2.75, 3.05) is 7.11 Å². The zero-order valence-electron chi connectivity index (χ0n) is 12.3. The lowest BCUT2D eigenvalue weighted by Crippen LogP contribution is -2.18. The van der Waals surface area contributed by atoms with Crippen molar-refractivity contribution in [3.8, 4) is 22.6 Å². The van der Waals surface area contributed by atoms with Crippen LogP contribution in [0.1, 0.15) is 0 Å². The lowest BCUT2D eigenvalue weighted by molar-refractivity contribution is 0.415. The summed E-state index contributed by atoms with van der Waals surface area (Å²) < 4.78 is 6.55. The van der Waals surface area contributed by atoms with Crippen molar-refractivity contribution in [3.05, 3.63) is 81.2 Å². The molecule has 0 atom stereocenters. The molecule has 0 unspecified atom stereocenters. The summed E-state index contributed by atoms with van der Waals surface area (Å²) in [5, 5.41) is 0.871. The van der Waals surface area contributed by atoms with Gasteiger partial charge in [0.15, 0.2) is 0 Å². The molecule has 0 saturated heterocycles. The first-order valence-electron chi connectivity index (χ1n) is 6.91. The lowest BCUT2D eigenvalue weighted by Gasteiger charge is -2.11. The van der Waals surface area contributed by atoms with Crippen LogP contribution in [0, 0.1) is 0 Å². The van der Waals surface area contributed by atoms with Crippen molar-refractivity contribution in [3.63, 3.8) is 0 Å². The first-order valence-corrected chi connectivity index (χ1v) is 7.67. The maximum absolute atomic E-state index is 12.5. The fourth-order valence-corrected chi connectivity index (χ4v) is 2.84. The van der Waals surface area contributed by atoms with E-state index in [0.29, 0.717) is 15.9 Å². The molecular formula is C18H13Cl2NO2. The predicted molar refractivity (Wildman–Crippen MR) is 94.0 cm³/mol. The number of ether oxygens (including phenoxy) is 1. The van der Waals surface area contributed by atoms with Gasteiger partial charge in [-0.15, -0.1) is 0 Å². The van der Waals surface area contributed by atoms with E-state index >= 15 is 0 Å². The van der Waals surface area contributed by atoms with E-state index in [-0.39, 0.29) is 5.56 Å². The second-order valence-corrected chi connectivity index (χ2v) is 5.77. The Kier molecular flexibility index (Phi) is 4.42. The molecule has 0 spiro atoms. The summed E-state index contributed by atoms with van der Waals surface area (Å²) in [6, 6.07) is 17.8. The van der Waals surface area contributed by atoms with Crippen molar-refractivity contribution in [2.24, 2.45) is 0 Å². The first-order chi connectivity index (χ1) is 11.1. The zero-order chi connectivity index (χ0) is 16.4. The van der Waals surface area contributed by atoms with Crippen LogP contribution in [0.15, 0.2) is 65.5 Å². The van der Waals surface area contributed by atoms with Gasteiger partial charge in [0, 0.05) is 11.1 Å². The van der Waals surface area contributed by atoms with Gasteiger partial charge in [-0.1, -0.05) is 41.4 Å². The van der Waals surface area contributed by atoms with Crippen LogP contribution in [-0.4, -0.2) is 11.7 Å². The molecule has 23 heavy (non-hydrogen) atoms. The molecule has 0 saturated carbocycles. The largest absolute Gasteiger partial charge is 0.497 e. The molecule has 3 rings (SSSR count). The number of rotatable bonds is 3. The van der Waals surface area contributed by atoms with E-state index < -0.39 is 0 Å². The Morgan fingerprint density at radius 3 is 2.26 bits per heavy atom. The molecule has 0 aliphatic carbocycles. The third kappa shape index (κ3) is 3.26. The summed E-state index contributed by atoms with van der Waals surface area (Å²) in [4.78, 5) is 12.5. The summed E-state index contributed by atoms with van der Waals surface area (Å²) >= 11 is 12.3. The number of halogens is 2. The maximum Gasteiger partial charge on any atom is 0.256 e. The van der Waals surface area contributed by atoms with Crippen LogP contribution in [0.25, 0.3) is 16.8 Å². The van der Waals surface area contributed by atoms with Crippen molar-refractivity contribution >= 4 is 23.2 Å². The van der Waals surface area contributed by atoms with Gasteiger partial charge in [-0.2, -0.15) is 0 Å². The fraction of sp³-hybridized carbons (Fsp3) is 0.0556. The minimum absolute atomic E-state index is 0.217. The molecule has 0 fully saturated rings. The highest BCUT2D eigenvalue weighted by Gasteiger charge is 2.09. The Bertz CT molecular complexity index is 902. The SMILES string of the molecule is COc1ccc(-c2cc(Cl)n(-c3cccc(Cl)c3)c(=O)c2)cc1. The number of hydrogen-bond acceptors (Lipinski definition) is 2. The van der Waals surface area contributed by atoms with Crippen LogP contribution >= 0.6 is 23.2 Å². The average Bonchev–Trinajstić information content (AvgIpc) is 2.54. The number of benzene rings is 2. The smallest absolute Gasteiger partial charge is 0.256 e. The van der Waals surface area contributed by atoms with Gasteiger partial charge in [-0.25, -0.2) is 0 Å². The topological polar surface area (TPSA) is 31.2 Å². The molecule has 0 N–H and O–H groups in total. The second-order valence-electron chi connectivity index (χ2n) is 4.95. The summed E-state index contributed by atoms with van der Waals surface area (Å²) in [5.74, 6) is 0.757. The van der Waals surface area contributed by atoms with Crippen LogP contribution < -0.4 is 10.3 Å². The van der Waals surface area contributed by atoms with Gasteiger partial charge in [-0.3, -0.25) is 9.36 Å². The monoisotopic (exact) mass is 345 g/mol. The highest BCUT2D eigenvalue weighted by Crippen LogP contribution is 2.25. The van der Waals surface area contributed by atoms with Gasteiger partial charge in [0.1, 0.15) is 10.9 Å². The maximum atomic E-state index is 12.5. The number of hydrogen-bond donors (Lipinski definition) is 0. The fourth-order valence-electron chi connectivity index (χ4n) is 2.35. The minimum atomic E-state index is -0.217. The molecule has 2 aromatic carbocycles. The molecule has 0 aliphatic rings. The Morgan fingerprint density at radius 1 is 0.913 bits per heavy atom. The van der Waals surface area contributed by atoms with Crippen molar-refractivity contribution < 1.29 is 4.74 Å². The third-order valence-electron chi connectivity index (χ3n) is 3.48. The lowest BCUT2D eigenvalue weighted by atomic mass is 10.1. The Hall–Kier alpha value is -2.23. The van der Waals surface area contributed by atoms with Gasteiger partial charge >= 0.3 is 0 Å². The van der Waals surface area contributed by atoms with E-state index in [9.17, 15) is 4.79 Å². The molecule has 5 heteroatoms. The van der Waals surface area contributed by atoms with Crippen molar-refractivity contribution in [2.45, 2.75) is 0 Å². The van der Waals surface area contributed by atoms with E-state index in [1.165, 1.54) is 4.57 Å². The van der Waals surface area contributed by atoms with E-state index in [1.54, 1.807) is 43.5 Å². The van der Waals surface area contributed by atoms with Gasteiger partial charge < -0.3 is 4.74 Å². The minimum Gasteiger partial charge on any atom is -0.497 e. The molecule has 3 aromatic rings. The molecular weight excluding hydrogens is 333 g/mol.